The summed E-state index contributed by atoms with van der Waals surface area (Å²) in [5.41, 5.74) is 0. The molecule has 0 aliphatic heterocycles. The zero-order valence-corrected chi connectivity index (χ0v) is 21.9. The van der Waals surface area contributed by atoms with Gasteiger partial charge < -0.3 is 14.4 Å². The molecule has 0 fully saturated rings. The van der Waals surface area contributed by atoms with Gasteiger partial charge in [-0.05, 0) is 46.3 Å². The molecule has 0 saturated carbocycles. The fraction of sp³-hybridized carbons (Fsp3) is 0.889. The summed E-state index contributed by atoms with van der Waals surface area (Å²) >= 11 is 0. The van der Waals surface area contributed by atoms with Gasteiger partial charge in [-0.15, -0.1) is 0 Å². The van der Waals surface area contributed by atoms with Crippen LogP contribution >= 0.6 is 0 Å². The van der Waals surface area contributed by atoms with E-state index < -0.39 is 12.1 Å². The van der Waals surface area contributed by atoms with Crippen LogP contribution in [-0.2, 0) is 23.9 Å². The first-order valence-electron chi connectivity index (χ1n) is 13.4. The van der Waals surface area contributed by atoms with Crippen molar-refractivity contribution in [2.45, 2.75) is 123 Å². The molecule has 0 amide bonds. The number of ether oxygens (including phenoxy) is 2. The Morgan fingerprint density at radius 3 is 1.91 bits per heavy atom. The van der Waals surface area contributed by atoms with Gasteiger partial charge in [0.15, 0.2) is 12.4 Å². The molecule has 0 aromatic carbocycles. The summed E-state index contributed by atoms with van der Waals surface area (Å²) in [6.07, 6.45) is 15.8. The molecule has 0 N–H and O–H groups in total. The average molecular weight is 470 g/mol. The zero-order chi connectivity index (χ0) is 24.7. The molecule has 2 unspecified atom stereocenters. The highest BCUT2D eigenvalue weighted by atomic mass is 16.6. The van der Waals surface area contributed by atoms with Crippen LogP contribution in [0.15, 0.2) is 0 Å². The minimum absolute atomic E-state index is 0.132. The van der Waals surface area contributed by atoms with Crippen LogP contribution in [0, 0.1) is 5.92 Å². The first kappa shape index (κ1) is 31.6. The van der Waals surface area contributed by atoms with E-state index in [-0.39, 0.29) is 24.9 Å². The molecule has 2 atom stereocenters. The van der Waals surface area contributed by atoms with E-state index in [1.54, 1.807) is 0 Å². The molecule has 0 radical (unpaired) electrons. The van der Waals surface area contributed by atoms with Gasteiger partial charge in [-0.25, -0.2) is 0 Å². The van der Waals surface area contributed by atoms with Crippen molar-refractivity contribution in [2.75, 3.05) is 27.2 Å². The van der Waals surface area contributed by atoms with Crippen molar-refractivity contribution in [3.8, 4) is 0 Å². The lowest BCUT2D eigenvalue weighted by atomic mass is 9.94. The third kappa shape index (κ3) is 19.7. The lowest BCUT2D eigenvalue weighted by Gasteiger charge is -2.18. The minimum Gasteiger partial charge on any atom is -0.461 e. The Labute approximate surface area is 203 Å². The number of hydrogen-bond acceptors (Lipinski definition) is 6. The number of nitrogens with zero attached hydrogens (tertiary/aromatic N) is 1. The van der Waals surface area contributed by atoms with Gasteiger partial charge in [-0.1, -0.05) is 84.5 Å². The fourth-order valence-electron chi connectivity index (χ4n) is 3.85. The van der Waals surface area contributed by atoms with Crippen LogP contribution in [0.2, 0.25) is 0 Å². The van der Waals surface area contributed by atoms with E-state index >= 15 is 0 Å². The van der Waals surface area contributed by atoms with Crippen molar-refractivity contribution < 1.29 is 23.9 Å². The maximum Gasteiger partial charge on any atom is 0.309 e. The predicted octanol–water partition coefficient (Wildman–Crippen LogP) is 6.10. The van der Waals surface area contributed by atoms with Gasteiger partial charge in [0.2, 0.25) is 0 Å². The first-order valence-corrected chi connectivity index (χ1v) is 13.4. The van der Waals surface area contributed by atoms with Gasteiger partial charge >= 0.3 is 11.9 Å². The van der Waals surface area contributed by atoms with Crippen LogP contribution in [0.25, 0.3) is 0 Å². The van der Waals surface area contributed by atoms with E-state index in [0.717, 1.165) is 70.8 Å². The fourth-order valence-corrected chi connectivity index (χ4v) is 3.85. The van der Waals surface area contributed by atoms with Gasteiger partial charge in [0, 0.05) is 6.42 Å². The quantitative estimate of drug-likeness (QED) is 0.102. The highest BCUT2D eigenvalue weighted by Gasteiger charge is 2.22. The number of carbonyl (C=O) groups is 3. The number of esters is 2. The molecule has 6 heteroatoms. The second kappa shape index (κ2) is 22.4. The summed E-state index contributed by atoms with van der Waals surface area (Å²) in [5.74, 6) is -0.796. The summed E-state index contributed by atoms with van der Waals surface area (Å²) in [7, 11) is 4.04. The second-order valence-electron chi connectivity index (χ2n) is 9.51. The van der Waals surface area contributed by atoms with Crippen LogP contribution in [-0.4, -0.2) is 56.5 Å². The number of unbranched alkanes of at least 4 members (excludes halogenated alkanes) is 10. The van der Waals surface area contributed by atoms with Gasteiger partial charge in [0.1, 0.15) is 6.61 Å². The maximum absolute atomic E-state index is 12.7. The summed E-state index contributed by atoms with van der Waals surface area (Å²) in [6, 6.07) is 0. The van der Waals surface area contributed by atoms with Crippen LogP contribution in [0.5, 0.6) is 0 Å². The van der Waals surface area contributed by atoms with Crippen molar-refractivity contribution >= 4 is 18.2 Å². The molecule has 33 heavy (non-hydrogen) atoms. The third-order valence-electron chi connectivity index (χ3n) is 5.96. The summed E-state index contributed by atoms with van der Waals surface area (Å²) in [4.78, 5) is 38.2. The SMILES string of the molecule is CCCCCCCCC(CCCCCC)C(=O)OCC(C=O)OC(=O)CCCCCN(C)C. The Bertz CT molecular complexity index is 495. The van der Waals surface area contributed by atoms with E-state index in [1.807, 2.05) is 14.1 Å². The Balaban J connectivity index is 4.37. The van der Waals surface area contributed by atoms with Crippen molar-refractivity contribution in [3.63, 3.8) is 0 Å². The van der Waals surface area contributed by atoms with Crippen LogP contribution in [0.3, 0.4) is 0 Å². The van der Waals surface area contributed by atoms with E-state index in [2.05, 4.69) is 18.7 Å². The van der Waals surface area contributed by atoms with Crippen molar-refractivity contribution in [3.05, 3.63) is 0 Å². The number of rotatable bonds is 23. The molecule has 0 heterocycles. The molecule has 194 valence electrons. The molecule has 0 spiro atoms. The van der Waals surface area contributed by atoms with Crippen molar-refractivity contribution in [1.82, 2.24) is 4.90 Å². The molecule has 0 rings (SSSR count). The zero-order valence-electron chi connectivity index (χ0n) is 21.9. The lowest BCUT2D eigenvalue weighted by molar-refractivity contribution is -0.162. The van der Waals surface area contributed by atoms with Crippen LogP contribution in [0.1, 0.15) is 117 Å². The van der Waals surface area contributed by atoms with Gasteiger partial charge in [0.25, 0.3) is 0 Å². The summed E-state index contributed by atoms with van der Waals surface area (Å²) < 4.78 is 10.6. The van der Waals surface area contributed by atoms with E-state index in [4.69, 9.17) is 9.47 Å². The first-order chi connectivity index (χ1) is 15.9. The van der Waals surface area contributed by atoms with Gasteiger partial charge in [-0.3, -0.25) is 14.4 Å². The van der Waals surface area contributed by atoms with E-state index in [0.29, 0.717) is 6.29 Å². The number of carbonyl (C=O) groups excluding carboxylic acids is 3. The third-order valence-corrected chi connectivity index (χ3v) is 5.96. The normalized spacial score (nSPS) is 13.0. The Hall–Kier alpha value is -1.43. The Kier molecular flexibility index (Phi) is 21.4. The molecule has 0 aliphatic carbocycles. The van der Waals surface area contributed by atoms with Gasteiger partial charge in [-0.2, -0.15) is 0 Å². The summed E-state index contributed by atoms with van der Waals surface area (Å²) in [5, 5.41) is 0. The summed E-state index contributed by atoms with van der Waals surface area (Å²) in [6.45, 7) is 5.18. The Morgan fingerprint density at radius 2 is 1.33 bits per heavy atom. The smallest absolute Gasteiger partial charge is 0.309 e. The van der Waals surface area contributed by atoms with Crippen molar-refractivity contribution in [2.24, 2.45) is 5.92 Å². The standard InChI is InChI=1S/C27H51NO5/c1-5-7-9-11-12-15-19-24(18-14-10-8-6-2)27(31)32-23-25(22-29)33-26(30)20-16-13-17-21-28(3)4/h22,24-25H,5-21,23H2,1-4H3. The van der Waals surface area contributed by atoms with Crippen LogP contribution < -0.4 is 0 Å². The maximum atomic E-state index is 12.7. The lowest BCUT2D eigenvalue weighted by Crippen LogP contribution is -2.28. The van der Waals surface area contributed by atoms with E-state index in [1.165, 1.54) is 32.1 Å². The molecular weight excluding hydrogens is 418 g/mol. The van der Waals surface area contributed by atoms with Crippen molar-refractivity contribution in [1.29, 1.82) is 0 Å². The minimum atomic E-state index is -1.02. The van der Waals surface area contributed by atoms with Gasteiger partial charge in [0.05, 0.1) is 5.92 Å². The monoisotopic (exact) mass is 469 g/mol. The molecule has 0 aromatic heterocycles. The molecule has 6 nitrogen and oxygen atoms in total. The molecule has 0 saturated heterocycles. The highest BCUT2D eigenvalue weighted by molar-refractivity contribution is 5.74. The average Bonchev–Trinajstić information content (AvgIpc) is 2.79. The number of hydrogen-bond donors (Lipinski definition) is 0. The molecule has 0 aromatic rings. The number of aldehydes is 1. The Morgan fingerprint density at radius 1 is 0.788 bits per heavy atom. The highest BCUT2D eigenvalue weighted by Crippen LogP contribution is 2.20. The van der Waals surface area contributed by atoms with E-state index in [9.17, 15) is 14.4 Å². The topological polar surface area (TPSA) is 72.9 Å². The molecular formula is C27H51NO5. The predicted molar refractivity (Wildman–Crippen MR) is 134 cm³/mol. The largest absolute Gasteiger partial charge is 0.461 e. The molecule has 0 bridgehead atoms. The van der Waals surface area contributed by atoms with Crippen LogP contribution in [0.4, 0.5) is 0 Å². The molecule has 0 aliphatic rings. The second-order valence-corrected chi connectivity index (χ2v) is 9.51.